The SMILES string of the molecule is Cc1ccc(S(=O)(=O)CCC(=O)Nc2ccc(C(=O)N3CC(=O)Nc4ccccc43)cc2)cc1. The second-order valence-corrected chi connectivity index (χ2v) is 10.1. The van der Waals surface area contributed by atoms with Crippen molar-refractivity contribution in [3.63, 3.8) is 0 Å². The molecule has 0 atom stereocenters. The van der Waals surface area contributed by atoms with Crippen molar-refractivity contribution in [1.29, 1.82) is 0 Å². The number of anilines is 3. The van der Waals surface area contributed by atoms with Crippen molar-refractivity contribution in [3.8, 4) is 0 Å². The molecular weight excluding hydrogens is 454 g/mol. The first-order chi connectivity index (χ1) is 16.2. The highest BCUT2D eigenvalue weighted by Crippen LogP contribution is 2.30. The number of para-hydroxylation sites is 2. The van der Waals surface area contributed by atoms with Crippen LogP contribution in [0.15, 0.2) is 77.7 Å². The van der Waals surface area contributed by atoms with E-state index in [2.05, 4.69) is 10.6 Å². The van der Waals surface area contributed by atoms with Crippen LogP contribution in [-0.4, -0.2) is 38.4 Å². The fraction of sp³-hybridized carbons (Fsp3) is 0.160. The Balaban J connectivity index is 1.38. The third-order valence-electron chi connectivity index (χ3n) is 5.41. The summed E-state index contributed by atoms with van der Waals surface area (Å²) < 4.78 is 24.9. The summed E-state index contributed by atoms with van der Waals surface area (Å²) in [4.78, 5) is 38.9. The maximum atomic E-state index is 13.0. The van der Waals surface area contributed by atoms with E-state index in [9.17, 15) is 22.8 Å². The maximum Gasteiger partial charge on any atom is 0.258 e. The molecule has 8 nitrogen and oxygen atoms in total. The highest BCUT2D eigenvalue weighted by Gasteiger charge is 2.27. The average Bonchev–Trinajstić information content (AvgIpc) is 2.82. The van der Waals surface area contributed by atoms with Crippen LogP contribution in [0.4, 0.5) is 17.1 Å². The molecule has 0 saturated heterocycles. The molecule has 3 aromatic carbocycles. The van der Waals surface area contributed by atoms with Crippen LogP contribution in [0.5, 0.6) is 0 Å². The molecule has 0 radical (unpaired) electrons. The number of carbonyl (C=O) groups excluding carboxylic acids is 3. The smallest absolute Gasteiger partial charge is 0.258 e. The molecule has 9 heteroatoms. The first kappa shape index (κ1) is 23.2. The number of amides is 3. The summed E-state index contributed by atoms with van der Waals surface area (Å²) in [7, 11) is -3.57. The summed E-state index contributed by atoms with van der Waals surface area (Å²) in [5.41, 5.74) is 2.91. The molecule has 3 amide bonds. The molecule has 0 unspecified atom stereocenters. The molecule has 3 aromatic rings. The minimum absolute atomic E-state index is 0.0935. The molecule has 0 spiro atoms. The predicted molar refractivity (Wildman–Crippen MR) is 130 cm³/mol. The van der Waals surface area contributed by atoms with Gasteiger partial charge < -0.3 is 10.6 Å². The number of hydrogen-bond donors (Lipinski definition) is 2. The van der Waals surface area contributed by atoms with Gasteiger partial charge in [0.2, 0.25) is 11.8 Å². The van der Waals surface area contributed by atoms with Gasteiger partial charge in [-0.3, -0.25) is 19.3 Å². The van der Waals surface area contributed by atoms with Crippen LogP contribution in [0.25, 0.3) is 0 Å². The first-order valence-corrected chi connectivity index (χ1v) is 12.3. The van der Waals surface area contributed by atoms with Crippen LogP contribution in [0.1, 0.15) is 22.3 Å². The molecule has 34 heavy (non-hydrogen) atoms. The Hall–Kier alpha value is -3.98. The van der Waals surface area contributed by atoms with Gasteiger partial charge in [-0.05, 0) is 55.5 Å². The van der Waals surface area contributed by atoms with Crippen molar-refractivity contribution in [2.45, 2.75) is 18.2 Å². The van der Waals surface area contributed by atoms with E-state index in [0.29, 0.717) is 22.6 Å². The second kappa shape index (κ2) is 9.48. The lowest BCUT2D eigenvalue weighted by Crippen LogP contribution is -2.42. The molecule has 0 aromatic heterocycles. The Morgan fingerprint density at radius 3 is 2.35 bits per heavy atom. The number of benzene rings is 3. The van der Waals surface area contributed by atoms with Crippen molar-refractivity contribution in [2.75, 3.05) is 27.8 Å². The summed E-state index contributed by atoms with van der Waals surface area (Å²) in [6.07, 6.45) is -0.198. The Bertz CT molecular complexity index is 1350. The maximum absolute atomic E-state index is 13.0. The van der Waals surface area contributed by atoms with Gasteiger partial charge in [0.1, 0.15) is 6.54 Å². The van der Waals surface area contributed by atoms with Crippen LogP contribution in [-0.2, 0) is 19.4 Å². The molecule has 1 aliphatic rings. The van der Waals surface area contributed by atoms with Crippen LogP contribution in [0.3, 0.4) is 0 Å². The molecule has 0 bridgehead atoms. The van der Waals surface area contributed by atoms with E-state index < -0.39 is 15.7 Å². The zero-order chi connectivity index (χ0) is 24.3. The van der Waals surface area contributed by atoms with E-state index in [-0.39, 0.29) is 35.4 Å². The Morgan fingerprint density at radius 2 is 1.65 bits per heavy atom. The van der Waals surface area contributed by atoms with Gasteiger partial charge in [0.25, 0.3) is 5.91 Å². The zero-order valence-corrected chi connectivity index (χ0v) is 19.3. The Morgan fingerprint density at radius 1 is 0.971 bits per heavy atom. The third kappa shape index (κ3) is 5.15. The summed E-state index contributed by atoms with van der Waals surface area (Å²) in [5.74, 6) is -1.38. The number of rotatable bonds is 6. The fourth-order valence-electron chi connectivity index (χ4n) is 3.58. The normalized spacial score (nSPS) is 13.1. The Labute approximate surface area is 197 Å². The quantitative estimate of drug-likeness (QED) is 0.565. The number of hydrogen-bond acceptors (Lipinski definition) is 5. The van der Waals surface area contributed by atoms with Crippen molar-refractivity contribution < 1.29 is 22.8 Å². The lowest BCUT2D eigenvalue weighted by Gasteiger charge is -2.29. The second-order valence-electron chi connectivity index (χ2n) is 7.96. The van der Waals surface area contributed by atoms with Gasteiger partial charge in [0, 0.05) is 17.7 Å². The molecule has 0 aliphatic carbocycles. The molecular formula is C25H23N3O5S. The van der Waals surface area contributed by atoms with Crippen molar-refractivity contribution in [1.82, 2.24) is 0 Å². The van der Waals surface area contributed by atoms with E-state index >= 15 is 0 Å². The van der Waals surface area contributed by atoms with Crippen LogP contribution in [0.2, 0.25) is 0 Å². The molecule has 1 aliphatic heterocycles. The van der Waals surface area contributed by atoms with Gasteiger partial charge in [-0.1, -0.05) is 29.8 Å². The van der Waals surface area contributed by atoms with E-state index in [0.717, 1.165) is 5.56 Å². The molecule has 1 heterocycles. The topological polar surface area (TPSA) is 113 Å². The number of nitrogens with zero attached hydrogens (tertiary/aromatic N) is 1. The predicted octanol–water partition coefficient (Wildman–Crippen LogP) is 3.40. The lowest BCUT2D eigenvalue weighted by atomic mass is 10.1. The average molecular weight is 478 g/mol. The third-order valence-corrected chi connectivity index (χ3v) is 7.14. The van der Waals surface area contributed by atoms with E-state index in [1.165, 1.54) is 17.0 Å². The fourth-order valence-corrected chi connectivity index (χ4v) is 4.82. The number of fused-ring (bicyclic) bond motifs is 1. The standard InChI is InChI=1S/C25H23N3O5S/c1-17-6-12-20(13-7-17)34(32,33)15-14-23(29)26-19-10-8-18(9-11-19)25(31)28-16-24(30)27-21-4-2-3-5-22(21)28/h2-13H,14-16H2,1H3,(H,26,29)(H,27,30). The zero-order valence-electron chi connectivity index (χ0n) is 18.4. The number of nitrogens with one attached hydrogen (secondary N) is 2. The number of sulfone groups is 1. The van der Waals surface area contributed by atoms with E-state index in [4.69, 9.17) is 0 Å². The summed E-state index contributed by atoms with van der Waals surface area (Å²) in [6, 6.07) is 19.8. The largest absolute Gasteiger partial charge is 0.326 e. The Kier molecular flexibility index (Phi) is 6.47. The van der Waals surface area contributed by atoms with Gasteiger partial charge in [0.05, 0.1) is 22.0 Å². The molecule has 2 N–H and O–H groups in total. The minimum Gasteiger partial charge on any atom is -0.326 e. The van der Waals surface area contributed by atoms with Crippen molar-refractivity contribution >= 4 is 44.6 Å². The summed E-state index contributed by atoms with van der Waals surface area (Å²) in [5, 5.41) is 5.39. The van der Waals surface area contributed by atoms with Crippen LogP contribution >= 0.6 is 0 Å². The van der Waals surface area contributed by atoms with Crippen molar-refractivity contribution in [3.05, 3.63) is 83.9 Å². The van der Waals surface area contributed by atoms with Gasteiger partial charge in [-0.25, -0.2) is 8.42 Å². The number of aryl methyl sites for hydroxylation is 1. The minimum atomic E-state index is -3.57. The molecule has 174 valence electrons. The molecule has 4 rings (SSSR count). The van der Waals surface area contributed by atoms with E-state index in [1.54, 1.807) is 60.7 Å². The van der Waals surface area contributed by atoms with Gasteiger partial charge in [-0.2, -0.15) is 0 Å². The van der Waals surface area contributed by atoms with E-state index in [1.807, 2.05) is 6.92 Å². The van der Waals surface area contributed by atoms with Gasteiger partial charge in [0.15, 0.2) is 9.84 Å². The lowest BCUT2D eigenvalue weighted by molar-refractivity contribution is -0.116. The number of carbonyl (C=O) groups is 3. The highest BCUT2D eigenvalue weighted by molar-refractivity contribution is 7.91. The van der Waals surface area contributed by atoms with Gasteiger partial charge >= 0.3 is 0 Å². The molecule has 0 saturated carbocycles. The van der Waals surface area contributed by atoms with Crippen LogP contribution < -0.4 is 15.5 Å². The monoisotopic (exact) mass is 477 g/mol. The van der Waals surface area contributed by atoms with Crippen molar-refractivity contribution in [2.24, 2.45) is 0 Å². The summed E-state index contributed by atoms with van der Waals surface area (Å²) in [6.45, 7) is 1.77. The van der Waals surface area contributed by atoms with Crippen LogP contribution in [0, 0.1) is 6.92 Å². The summed E-state index contributed by atoms with van der Waals surface area (Å²) >= 11 is 0. The first-order valence-electron chi connectivity index (χ1n) is 10.6. The molecule has 0 fully saturated rings. The van der Waals surface area contributed by atoms with Gasteiger partial charge in [-0.15, -0.1) is 0 Å². The highest BCUT2D eigenvalue weighted by atomic mass is 32.2.